The molecule has 1 aromatic carbocycles. The standard InChI is InChI=1S/C21H18ClN5O2S2/c22-12-5-7-13(8-6-12)27-17(24)9-18(28)26-21(27)30-11-19(29)25-20-15(10-23)14-3-1-2-4-16(14)31-20/h5-9H,1-4,11,24H2,(H,25,29). The number of rotatable bonds is 5. The highest BCUT2D eigenvalue weighted by atomic mass is 35.5. The fraction of sp³-hybridized carbons (Fsp3) is 0.238. The Labute approximate surface area is 191 Å². The monoisotopic (exact) mass is 471 g/mol. The summed E-state index contributed by atoms with van der Waals surface area (Å²) >= 11 is 8.53. The summed E-state index contributed by atoms with van der Waals surface area (Å²) in [7, 11) is 0. The van der Waals surface area contributed by atoms with Gasteiger partial charge in [0, 0.05) is 21.7 Å². The molecule has 2 heterocycles. The van der Waals surface area contributed by atoms with Crippen molar-refractivity contribution >= 4 is 51.4 Å². The van der Waals surface area contributed by atoms with Crippen LogP contribution in [-0.4, -0.2) is 21.2 Å². The molecule has 1 amide bonds. The Morgan fingerprint density at radius 1 is 1.32 bits per heavy atom. The number of nitrogens with two attached hydrogens (primary N) is 1. The summed E-state index contributed by atoms with van der Waals surface area (Å²) in [6.45, 7) is 0. The fourth-order valence-electron chi connectivity index (χ4n) is 3.49. The van der Waals surface area contributed by atoms with Gasteiger partial charge < -0.3 is 11.1 Å². The second-order valence-electron chi connectivity index (χ2n) is 6.98. The number of halogens is 1. The van der Waals surface area contributed by atoms with Crippen LogP contribution in [0, 0.1) is 11.3 Å². The summed E-state index contributed by atoms with van der Waals surface area (Å²) in [4.78, 5) is 29.7. The number of amides is 1. The summed E-state index contributed by atoms with van der Waals surface area (Å²) in [6, 6.07) is 10.4. The van der Waals surface area contributed by atoms with Crippen molar-refractivity contribution in [1.29, 1.82) is 5.26 Å². The zero-order valence-electron chi connectivity index (χ0n) is 16.4. The molecule has 158 valence electrons. The largest absolute Gasteiger partial charge is 0.385 e. The lowest BCUT2D eigenvalue weighted by molar-refractivity contribution is -0.113. The summed E-state index contributed by atoms with van der Waals surface area (Å²) in [5.41, 5.74) is 7.88. The molecule has 0 atom stereocenters. The number of benzene rings is 1. The lowest BCUT2D eigenvalue weighted by atomic mass is 9.96. The van der Waals surface area contributed by atoms with E-state index < -0.39 is 5.56 Å². The van der Waals surface area contributed by atoms with Gasteiger partial charge in [-0.2, -0.15) is 10.2 Å². The van der Waals surface area contributed by atoms with Gasteiger partial charge in [-0.25, -0.2) is 0 Å². The first-order chi connectivity index (χ1) is 15.0. The van der Waals surface area contributed by atoms with Gasteiger partial charge in [0.15, 0.2) is 5.16 Å². The quantitative estimate of drug-likeness (QED) is 0.429. The van der Waals surface area contributed by atoms with Crippen molar-refractivity contribution < 1.29 is 4.79 Å². The van der Waals surface area contributed by atoms with Crippen LogP contribution in [0.15, 0.2) is 40.3 Å². The SMILES string of the molecule is N#Cc1c(NC(=O)CSc2nc(=O)cc(N)n2-c2ccc(Cl)cc2)sc2c1CCCC2. The molecule has 0 aliphatic heterocycles. The van der Waals surface area contributed by atoms with Crippen LogP contribution >= 0.6 is 34.7 Å². The number of nitrogen functional groups attached to an aromatic ring is 1. The molecule has 0 radical (unpaired) electrons. The van der Waals surface area contributed by atoms with Crippen molar-refractivity contribution in [1.82, 2.24) is 9.55 Å². The van der Waals surface area contributed by atoms with Gasteiger partial charge in [-0.3, -0.25) is 14.2 Å². The van der Waals surface area contributed by atoms with Crippen LogP contribution in [0.2, 0.25) is 5.02 Å². The van der Waals surface area contributed by atoms with Crippen molar-refractivity contribution in [2.45, 2.75) is 30.8 Å². The lowest BCUT2D eigenvalue weighted by Gasteiger charge is -2.14. The molecule has 0 fully saturated rings. The summed E-state index contributed by atoms with van der Waals surface area (Å²) < 4.78 is 1.60. The molecule has 10 heteroatoms. The number of hydrogen-bond donors (Lipinski definition) is 2. The fourth-order valence-corrected chi connectivity index (χ4v) is 5.70. The maximum atomic E-state index is 12.6. The van der Waals surface area contributed by atoms with Crippen LogP contribution < -0.4 is 16.6 Å². The molecular formula is C21H18ClN5O2S2. The second kappa shape index (κ2) is 9.14. The Bertz CT molecular complexity index is 1240. The molecular weight excluding hydrogens is 454 g/mol. The van der Waals surface area contributed by atoms with Crippen LogP contribution in [0.5, 0.6) is 0 Å². The Balaban J connectivity index is 1.54. The first kappa shape index (κ1) is 21.4. The minimum atomic E-state index is -0.483. The van der Waals surface area contributed by atoms with Gasteiger partial charge in [0.05, 0.1) is 11.3 Å². The predicted octanol–water partition coefficient (Wildman–Crippen LogP) is 4.01. The number of thiophene rings is 1. The molecule has 0 saturated heterocycles. The molecule has 0 unspecified atom stereocenters. The number of thioether (sulfide) groups is 1. The smallest absolute Gasteiger partial charge is 0.275 e. The highest BCUT2D eigenvalue weighted by molar-refractivity contribution is 7.99. The van der Waals surface area contributed by atoms with Gasteiger partial charge >= 0.3 is 0 Å². The average Bonchev–Trinajstić information content (AvgIpc) is 3.09. The first-order valence-corrected chi connectivity index (χ1v) is 11.8. The van der Waals surface area contributed by atoms with E-state index >= 15 is 0 Å². The minimum Gasteiger partial charge on any atom is -0.385 e. The average molecular weight is 472 g/mol. The first-order valence-electron chi connectivity index (χ1n) is 9.59. The number of anilines is 2. The second-order valence-corrected chi connectivity index (χ2v) is 9.46. The van der Waals surface area contributed by atoms with Crippen molar-refractivity contribution in [3.05, 3.63) is 61.7 Å². The Morgan fingerprint density at radius 2 is 2.06 bits per heavy atom. The van der Waals surface area contributed by atoms with E-state index in [1.807, 2.05) is 0 Å². The van der Waals surface area contributed by atoms with E-state index in [9.17, 15) is 14.9 Å². The molecule has 0 saturated carbocycles. The van der Waals surface area contributed by atoms with Crippen molar-refractivity contribution in [2.75, 3.05) is 16.8 Å². The number of nitrogens with zero attached hydrogens (tertiary/aromatic N) is 3. The third-order valence-corrected chi connectivity index (χ3v) is 7.28. The van der Waals surface area contributed by atoms with E-state index in [1.165, 1.54) is 22.3 Å². The zero-order chi connectivity index (χ0) is 22.0. The normalized spacial score (nSPS) is 12.8. The zero-order valence-corrected chi connectivity index (χ0v) is 18.7. The van der Waals surface area contributed by atoms with E-state index in [-0.39, 0.29) is 17.5 Å². The number of aromatic nitrogens is 2. The van der Waals surface area contributed by atoms with E-state index in [4.69, 9.17) is 17.3 Å². The molecule has 31 heavy (non-hydrogen) atoms. The molecule has 3 N–H and O–H groups in total. The summed E-state index contributed by atoms with van der Waals surface area (Å²) in [5, 5.41) is 13.9. The molecule has 2 aromatic heterocycles. The molecule has 7 nitrogen and oxygen atoms in total. The Kier molecular flexibility index (Phi) is 6.32. The van der Waals surface area contributed by atoms with E-state index in [2.05, 4.69) is 16.4 Å². The number of nitrogens with one attached hydrogen (secondary N) is 1. The topological polar surface area (TPSA) is 114 Å². The molecule has 1 aliphatic carbocycles. The van der Waals surface area contributed by atoms with Gasteiger partial charge in [0.2, 0.25) is 5.91 Å². The van der Waals surface area contributed by atoms with Gasteiger partial charge in [0.25, 0.3) is 5.56 Å². The Morgan fingerprint density at radius 3 is 2.81 bits per heavy atom. The molecule has 3 aromatic rings. The van der Waals surface area contributed by atoms with Crippen molar-refractivity contribution in [3.8, 4) is 11.8 Å². The van der Waals surface area contributed by atoms with Crippen LogP contribution in [-0.2, 0) is 17.6 Å². The van der Waals surface area contributed by atoms with Gasteiger partial charge in [-0.05, 0) is 55.5 Å². The third-order valence-electron chi connectivity index (χ3n) is 4.88. The van der Waals surface area contributed by atoms with E-state index in [1.54, 1.807) is 28.8 Å². The van der Waals surface area contributed by atoms with Crippen LogP contribution in [0.1, 0.15) is 28.8 Å². The van der Waals surface area contributed by atoms with Gasteiger partial charge in [-0.1, -0.05) is 23.4 Å². The number of hydrogen-bond acceptors (Lipinski definition) is 7. The third kappa shape index (κ3) is 4.61. The highest BCUT2D eigenvalue weighted by Gasteiger charge is 2.22. The highest BCUT2D eigenvalue weighted by Crippen LogP contribution is 2.37. The van der Waals surface area contributed by atoms with E-state index in [0.717, 1.165) is 43.0 Å². The van der Waals surface area contributed by atoms with Crippen molar-refractivity contribution in [3.63, 3.8) is 0 Å². The lowest BCUT2D eigenvalue weighted by Crippen LogP contribution is -2.19. The summed E-state index contributed by atoms with van der Waals surface area (Å²) in [6.07, 6.45) is 3.98. The summed E-state index contributed by atoms with van der Waals surface area (Å²) in [5.74, 6) is -0.0564. The molecule has 0 spiro atoms. The number of nitriles is 1. The molecule has 4 rings (SSSR count). The van der Waals surface area contributed by atoms with Crippen LogP contribution in [0.3, 0.4) is 0 Å². The maximum absolute atomic E-state index is 12.6. The van der Waals surface area contributed by atoms with Gasteiger partial charge in [0.1, 0.15) is 16.9 Å². The van der Waals surface area contributed by atoms with E-state index in [0.29, 0.717) is 26.4 Å². The maximum Gasteiger partial charge on any atom is 0.275 e. The Hall–Kier alpha value is -2.80. The van der Waals surface area contributed by atoms with Gasteiger partial charge in [-0.15, -0.1) is 11.3 Å². The number of aryl methyl sites for hydroxylation is 1. The minimum absolute atomic E-state index is 0.0108. The molecule has 0 bridgehead atoms. The van der Waals surface area contributed by atoms with Crippen molar-refractivity contribution in [2.24, 2.45) is 0 Å². The van der Waals surface area contributed by atoms with Crippen LogP contribution in [0.4, 0.5) is 10.8 Å². The van der Waals surface area contributed by atoms with Crippen LogP contribution in [0.25, 0.3) is 5.69 Å². The predicted molar refractivity (Wildman–Crippen MR) is 124 cm³/mol. The number of carbonyl (C=O) groups excluding carboxylic acids is 1. The molecule has 1 aliphatic rings. The number of fused-ring (bicyclic) bond motifs is 1. The number of carbonyl (C=O) groups is 1.